The maximum atomic E-state index is 12.5. The lowest BCUT2D eigenvalue weighted by atomic mass is 10.1. The van der Waals surface area contributed by atoms with Gasteiger partial charge in [-0.05, 0) is 25.1 Å². The molecule has 0 saturated carbocycles. The van der Waals surface area contributed by atoms with Crippen LogP contribution in [0.15, 0.2) is 45.0 Å². The van der Waals surface area contributed by atoms with Gasteiger partial charge in [-0.3, -0.25) is 18.7 Å². The van der Waals surface area contributed by atoms with Crippen LogP contribution < -0.4 is 21.4 Å². The lowest BCUT2D eigenvalue weighted by Gasteiger charge is -2.10. The summed E-state index contributed by atoms with van der Waals surface area (Å²) in [5.74, 6) is 0.0995. The molecule has 9 heteroatoms. The number of rotatable bonds is 4. The molecule has 2 heterocycles. The van der Waals surface area contributed by atoms with Gasteiger partial charge in [-0.15, -0.1) is 0 Å². The van der Waals surface area contributed by atoms with E-state index in [1.54, 1.807) is 26.2 Å². The number of hydrogen-bond acceptors (Lipinski definition) is 6. The average molecular weight is 381 g/mol. The molecule has 3 aromatic rings. The molecule has 1 aromatic carbocycles. The van der Waals surface area contributed by atoms with Gasteiger partial charge in [0.15, 0.2) is 0 Å². The average Bonchev–Trinajstić information content (AvgIpc) is 2.70. The number of fused-ring (bicyclic) bond motifs is 1. The number of aromatic nitrogens is 3. The van der Waals surface area contributed by atoms with E-state index in [0.717, 1.165) is 4.57 Å². The lowest BCUT2D eigenvalue weighted by Crippen LogP contribution is -2.37. The molecule has 0 aliphatic heterocycles. The van der Waals surface area contributed by atoms with Crippen molar-refractivity contribution in [3.63, 3.8) is 0 Å². The topological polar surface area (TPSA) is 108 Å². The second kappa shape index (κ2) is 7.47. The summed E-state index contributed by atoms with van der Waals surface area (Å²) in [6, 6.07) is 8.64. The van der Waals surface area contributed by atoms with Crippen LogP contribution >= 0.6 is 0 Å². The van der Waals surface area contributed by atoms with Gasteiger partial charge in [-0.1, -0.05) is 12.1 Å². The van der Waals surface area contributed by atoms with Gasteiger partial charge in [0.25, 0.3) is 11.5 Å². The first-order valence-electron chi connectivity index (χ1n) is 8.39. The number of nitrogens with one attached hydrogen (secondary N) is 1. The number of aryl methyl sites for hydroxylation is 2. The van der Waals surface area contributed by atoms with Crippen LogP contribution in [0.5, 0.6) is 5.75 Å². The van der Waals surface area contributed by atoms with E-state index in [1.165, 1.54) is 30.9 Å². The summed E-state index contributed by atoms with van der Waals surface area (Å²) in [6.45, 7) is 1.63. The van der Waals surface area contributed by atoms with Gasteiger partial charge in [0.05, 0.1) is 30.0 Å². The Balaban J connectivity index is 1.96. The van der Waals surface area contributed by atoms with E-state index in [1.807, 2.05) is 12.1 Å². The fourth-order valence-electron chi connectivity index (χ4n) is 2.81. The van der Waals surface area contributed by atoms with Crippen LogP contribution in [0.1, 0.15) is 21.6 Å². The van der Waals surface area contributed by atoms with Gasteiger partial charge in [0, 0.05) is 19.7 Å². The van der Waals surface area contributed by atoms with Crippen molar-refractivity contribution in [1.29, 1.82) is 0 Å². The molecule has 0 bridgehead atoms. The minimum absolute atomic E-state index is 0.175. The Labute approximate surface area is 159 Å². The molecule has 0 unspecified atom stereocenters. The summed E-state index contributed by atoms with van der Waals surface area (Å²) < 4.78 is 7.46. The zero-order valence-corrected chi connectivity index (χ0v) is 15.9. The Bertz CT molecular complexity index is 1220. The molecule has 0 aliphatic carbocycles. The minimum atomic E-state index is -0.519. The number of carbonyl (C=O) groups is 1. The van der Waals surface area contributed by atoms with E-state index in [2.05, 4.69) is 15.5 Å². The molecular weight excluding hydrogens is 362 g/mol. The standard InChI is InChI=1S/C19H19N5O4/c1-11-13(9-14-16(21-11)23(2)19(27)24(3)18(14)26)17(25)22-20-10-12-7-5-6-8-15(12)28-4/h5-10H,1-4H3,(H,22,25). The smallest absolute Gasteiger partial charge is 0.332 e. The second-order valence-electron chi connectivity index (χ2n) is 6.14. The molecule has 0 atom stereocenters. The Hall–Kier alpha value is -3.75. The molecule has 0 aliphatic rings. The van der Waals surface area contributed by atoms with E-state index in [4.69, 9.17) is 4.74 Å². The number of carbonyl (C=O) groups excluding carboxylic acids is 1. The van der Waals surface area contributed by atoms with Crippen molar-refractivity contribution in [2.45, 2.75) is 6.92 Å². The van der Waals surface area contributed by atoms with Crippen LogP contribution in [0, 0.1) is 6.92 Å². The second-order valence-corrected chi connectivity index (χ2v) is 6.14. The zero-order chi connectivity index (χ0) is 20.4. The number of nitrogens with zero attached hydrogens (tertiary/aromatic N) is 4. The van der Waals surface area contributed by atoms with Crippen LogP contribution in [0.25, 0.3) is 11.0 Å². The highest BCUT2D eigenvalue weighted by atomic mass is 16.5. The summed E-state index contributed by atoms with van der Waals surface area (Å²) in [6.07, 6.45) is 1.46. The van der Waals surface area contributed by atoms with E-state index < -0.39 is 17.2 Å². The first-order valence-corrected chi connectivity index (χ1v) is 8.39. The fourth-order valence-corrected chi connectivity index (χ4v) is 2.81. The van der Waals surface area contributed by atoms with Crippen LogP contribution in [-0.4, -0.2) is 33.3 Å². The van der Waals surface area contributed by atoms with Crippen molar-refractivity contribution in [3.8, 4) is 5.75 Å². The van der Waals surface area contributed by atoms with E-state index in [0.29, 0.717) is 17.0 Å². The Morgan fingerprint density at radius 2 is 1.93 bits per heavy atom. The van der Waals surface area contributed by atoms with Crippen molar-refractivity contribution >= 4 is 23.2 Å². The van der Waals surface area contributed by atoms with Gasteiger partial charge < -0.3 is 4.74 Å². The van der Waals surface area contributed by atoms with Crippen molar-refractivity contribution in [2.24, 2.45) is 19.2 Å². The normalized spacial score (nSPS) is 11.1. The molecule has 144 valence electrons. The van der Waals surface area contributed by atoms with Crippen LogP contribution in [-0.2, 0) is 14.1 Å². The number of hydrazone groups is 1. The van der Waals surface area contributed by atoms with Gasteiger partial charge in [-0.2, -0.15) is 5.10 Å². The van der Waals surface area contributed by atoms with Crippen molar-refractivity contribution in [1.82, 2.24) is 19.5 Å². The largest absolute Gasteiger partial charge is 0.496 e. The molecule has 9 nitrogen and oxygen atoms in total. The number of ether oxygens (including phenoxy) is 1. The SMILES string of the molecule is COc1ccccc1C=NNC(=O)c1cc2c(=O)n(C)c(=O)n(C)c2nc1C. The summed E-state index contributed by atoms with van der Waals surface area (Å²) in [7, 11) is 4.44. The molecule has 1 amide bonds. The predicted molar refractivity (Wildman–Crippen MR) is 105 cm³/mol. The number of pyridine rings is 1. The zero-order valence-electron chi connectivity index (χ0n) is 15.9. The third-order valence-electron chi connectivity index (χ3n) is 4.37. The van der Waals surface area contributed by atoms with E-state index >= 15 is 0 Å². The molecule has 28 heavy (non-hydrogen) atoms. The van der Waals surface area contributed by atoms with Gasteiger partial charge >= 0.3 is 5.69 Å². The first-order chi connectivity index (χ1) is 13.3. The van der Waals surface area contributed by atoms with Crippen molar-refractivity contribution < 1.29 is 9.53 Å². The molecule has 3 rings (SSSR count). The number of para-hydroxylation sites is 1. The Morgan fingerprint density at radius 1 is 1.21 bits per heavy atom. The third kappa shape index (κ3) is 3.29. The van der Waals surface area contributed by atoms with Gasteiger partial charge in [0.1, 0.15) is 11.4 Å². The number of amides is 1. The first kappa shape index (κ1) is 19.0. The lowest BCUT2D eigenvalue weighted by molar-refractivity contribution is 0.0954. The monoisotopic (exact) mass is 381 g/mol. The van der Waals surface area contributed by atoms with Gasteiger partial charge in [-0.25, -0.2) is 15.2 Å². The summed E-state index contributed by atoms with van der Waals surface area (Å²) >= 11 is 0. The summed E-state index contributed by atoms with van der Waals surface area (Å²) in [5, 5.41) is 4.12. The molecule has 0 spiro atoms. The molecule has 0 saturated heterocycles. The molecule has 2 aromatic heterocycles. The predicted octanol–water partition coefficient (Wildman–Crippen LogP) is 0.713. The quantitative estimate of drug-likeness (QED) is 0.529. The molecule has 1 N–H and O–H groups in total. The molecular formula is C19H19N5O4. The van der Waals surface area contributed by atoms with Crippen LogP contribution in [0.4, 0.5) is 0 Å². The number of hydrogen-bond donors (Lipinski definition) is 1. The maximum absolute atomic E-state index is 12.5. The number of methoxy groups -OCH3 is 1. The highest BCUT2D eigenvalue weighted by Gasteiger charge is 2.16. The summed E-state index contributed by atoms with van der Waals surface area (Å²) in [4.78, 5) is 41.2. The molecule has 0 fully saturated rings. The van der Waals surface area contributed by atoms with Gasteiger partial charge in [0.2, 0.25) is 0 Å². The van der Waals surface area contributed by atoms with E-state index in [9.17, 15) is 14.4 Å². The molecule has 0 radical (unpaired) electrons. The minimum Gasteiger partial charge on any atom is -0.496 e. The van der Waals surface area contributed by atoms with Crippen molar-refractivity contribution in [2.75, 3.05) is 7.11 Å². The van der Waals surface area contributed by atoms with E-state index in [-0.39, 0.29) is 16.6 Å². The fraction of sp³-hybridized carbons (Fsp3) is 0.211. The summed E-state index contributed by atoms with van der Waals surface area (Å²) in [5.41, 5.74) is 2.91. The Kier molecular flexibility index (Phi) is 5.08. The highest BCUT2D eigenvalue weighted by molar-refractivity contribution is 5.98. The van der Waals surface area contributed by atoms with Crippen LogP contribution in [0.2, 0.25) is 0 Å². The van der Waals surface area contributed by atoms with Crippen LogP contribution in [0.3, 0.4) is 0 Å². The third-order valence-corrected chi connectivity index (χ3v) is 4.37. The highest BCUT2D eigenvalue weighted by Crippen LogP contribution is 2.15. The number of benzene rings is 1. The van der Waals surface area contributed by atoms with Crippen molar-refractivity contribution in [3.05, 3.63) is 68.0 Å². The maximum Gasteiger partial charge on any atom is 0.332 e. The Morgan fingerprint density at radius 3 is 2.64 bits per heavy atom.